The minimum atomic E-state index is -0.829. The maximum absolute atomic E-state index is 11.1. The topological polar surface area (TPSA) is 66.4 Å². The van der Waals surface area contributed by atoms with Crippen LogP contribution in [0.4, 0.5) is 0 Å². The van der Waals surface area contributed by atoms with E-state index >= 15 is 0 Å². The molecular weight excluding hydrogens is 346 g/mol. The highest BCUT2D eigenvalue weighted by molar-refractivity contribution is 5.82. The summed E-state index contributed by atoms with van der Waals surface area (Å²) in [5.74, 6) is -0.742. The van der Waals surface area contributed by atoms with Gasteiger partial charge in [0.25, 0.3) is 0 Å². The van der Waals surface area contributed by atoms with E-state index in [0.29, 0.717) is 13.0 Å². The minimum absolute atomic E-state index is 0.00599. The van der Waals surface area contributed by atoms with E-state index in [1.54, 1.807) is 0 Å². The summed E-state index contributed by atoms with van der Waals surface area (Å²) in [5.41, 5.74) is 0.226. The zero-order chi connectivity index (χ0) is 19.1. The Bertz CT molecular complexity index is 838. The van der Waals surface area contributed by atoms with Crippen molar-refractivity contribution in [2.24, 2.45) is 5.18 Å². The lowest BCUT2D eigenvalue weighted by Crippen LogP contribution is -2.48. The Morgan fingerprint density at radius 1 is 1.07 bits per heavy atom. The summed E-state index contributed by atoms with van der Waals surface area (Å²) in [6.45, 7) is 6.06. The maximum atomic E-state index is 11.1. The van der Waals surface area contributed by atoms with Crippen LogP contribution in [0.5, 0.6) is 0 Å². The number of benzene rings is 2. The van der Waals surface area contributed by atoms with Gasteiger partial charge in [0.15, 0.2) is 12.1 Å². The van der Waals surface area contributed by atoms with Gasteiger partial charge in [-0.3, -0.25) is 0 Å². The van der Waals surface area contributed by atoms with Crippen molar-refractivity contribution < 1.29 is 18.9 Å². The normalized spacial score (nSPS) is 31.9. The van der Waals surface area contributed by atoms with Crippen molar-refractivity contribution in [1.82, 2.24) is 0 Å². The predicted molar refractivity (Wildman–Crippen MR) is 101 cm³/mol. The smallest absolute Gasteiger partial charge is 0.190 e. The van der Waals surface area contributed by atoms with Gasteiger partial charge in [0.1, 0.15) is 24.4 Å². The Kier molecular flexibility index (Phi) is 4.76. The van der Waals surface area contributed by atoms with Crippen molar-refractivity contribution >= 4 is 10.8 Å². The summed E-state index contributed by atoms with van der Waals surface area (Å²) in [6.07, 6.45) is -0.787. The molecule has 2 aliphatic rings. The average Bonchev–Trinajstić information content (AvgIpc) is 3.09. The lowest BCUT2D eigenvalue weighted by atomic mass is 9.92. The van der Waals surface area contributed by atoms with E-state index in [1.165, 1.54) is 5.39 Å². The van der Waals surface area contributed by atoms with Gasteiger partial charge < -0.3 is 18.9 Å². The number of rotatable bonds is 6. The Morgan fingerprint density at radius 2 is 1.85 bits per heavy atom. The van der Waals surface area contributed by atoms with E-state index in [4.69, 9.17) is 18.9 Å². The third-order valence-electron chi connectivity index (χ3n) is 5.43. The molecule has 2 heterocycles. The number of ether oxygens (including phenoxy) is 4. The number of nitroso groups, excluding NO2 is 1. The van der Waals surface area contributed by atoms with E-state index < -0.39 is 23.8 Å². The lowest BCUT2D eigenvalue weighted by Gasteiger charge is -2.34. The molecule has 0 amide bonds. The monoisotopic (exact) mass is 371 g/mol. The summed E-state index contributed by atoms with van der Waals surface area (Å²) in [7, 11) is 0. The Hall–Kier alpha value is -1.86. The van der Waals surface area contributed by atoms with E-state index in [-0.39, 0.29) is 12.6 Å². The van der Waals surface area contributed by atoms with E-state index in [2.05, 4.69) is 35.5 Å². The van der Waals surface area contributed by atoms with Crippen molar-refractivity contribution in [2.45, 2.75) is 63.7 Å². The van der Waals surface area contributed by atoms with Crippen LogP contribution in [0.1, 0.15) is 32.8 Å². The van der Waals surface area contributed by atoms with Crippen molar-refractivity contribution in [1.29, 1.82) is 0 Å². The predicted octanol–water partition coefficient (Wildman–Crippen LogP) is 4.15. The first-order chi connectivity index (χ1) is 13.0. The molecule has 6 heteroatoms. The highest BCUT2D eigenvalue weighted by atomic mass is 16.8. The molecule has 27 heavy (non-hydrogen) atoms. The molecule has 0 saturated carbocycles. The molecule has 0 bridgehead atoms. The van der Waals surface area contributed by atoms with Crippen molar-refractivity contribution in [3.63, 3.8) is 0 Å². The molecule has 0 aromatic heterocycles. The van der Waals surface area contributed by atoms with Crippen molar-refractivity contribution in [2.75, 3.05) is 6.54 Å². The van der Waals surface area contributed by atoms with Crippen LogP contribution in [0.2, 0.25) is 0 Å². The summed E-state index contributed by atoms with van der Waals surface area (Å²) >= 11 is 0. The van der Waals surface area contributed by atoms with Gasteiger partial charge in [0.2, 0.25) is 0 Å². The van der Waals surface area contributed by atoms with Gasteiger partial charge in [-0.15, -0.1) is 0 Å². The van der Waals surface area contributed by atoms with Gasteiger partial charge >= 0.3 is 0 Å². The van der Waals surface area contributed by atoms with Crippen LogP contribution < -0.4 is 0 Å². The van der Waals surface area contributed by atoms with Crippen LogP contribution in [0.3, 0.4) is 0 Å². The SMILES string of the molecule is CC[C@]1(CN=O)O[C@@H]2OC(C)(C)O[C@@H]2[C@@H]1OCc1ccc2ccccc2c1. The molecule has 144 valence electrons. The standard InChI is InChI=1S/C21H25NO5/c1-4-21(13-22-23)18(17-19(27-21)26-20(2,3)25-17)24-12-14-9-10-15-7-5-6-8-16(15)11-14/h5-11,17-19H,4,12-13H2,1-3H3/t17-,18+,19+,21-/m1/s1. The van der Waals surface area contributed by atoms with Gasteiger partial charge in [-0.25, -0.2) is 0 Å². The van der Waals surface area contributed by atoms with Gasteiger partial charge in [0.05, 0.1) is 6.61 Å². The summed E-state index contributed by atoms with van der Waals surface area (Å²) in [5, 5.41) is 5.46. The third-order valence-corrected chi connectivity index (χ3v) is 5.43. The molecule has 0 unspecified atom stereocenters. The molecule has 0 aliphatic carbocycles. The van der Waals surface area contributed by atoms with E-state index in [1.807, 2.05) is 32.9 Å². The first-order valence-electron chi connectivity index (χ1n) is 9.38. The van der Waals surface area contributed by atoms with Crippen molar-refractivity contribution in [3.05, 3.63) is 52.9 Å². The molecule has 4 rings (SSSR count). The average molecular weight is 371 g/mol. The Balaban J connectivity index is 1.57. The second-order valence-corrected chi connectivity index (χ2v) is 7.71. The second-order valence-electron chi connectivity index (χ2n) is 7.71. The second kappa shape index (κ2) is 6.95. The van der Waals surface area contributed by atoms with Crippen LogP contribution in [-0.2, 0) is 25.6 Å². The van der Waals surface area contributed by atoms with Gasteiger partial charge in [0, 0.05) is 0 Å². The molecule has 0 spiro atoms. The quantitative estimate of drug-likeness (QED) is 0.714. The molecule has 2 saturated heterocycles. The fraction of sp³-hybridized carbons (Fsp3) is 0.524. The number of hydrogen-bond acceptors (Lipinski definition) is 6. The van der Waals surface area contributed by atoms with Crippen molar-refractivity contribution in [3.8, 4) is 0 Å². The summed E-state index contributed by atoms with van der Waals surface area (Å²) in [6, 6.07) is 14.5. The van der Waals surface area contributed by atoms with Crippen LogP contribution in [-0.4, -0.2) is 36.4 Å². The Labute approximate surface area is 158 Å². The van der Waals surface area contributed by atoms with Crippen LogP contribution >= 0.6 is 0 Å². The molecule has 2 aromatic carbocycles. The number of nitrogens with zero attached hydrogens (tertiary/aromatic N) is 1. The minimum Gasteiger partial charge on any atom is -0.368 e. The van der Waals surface area contributed by atoms with Gasteiger partial charge in [-0.1, -0.05) is 48.5 Å². The lowest BCUT2D eigenvalue weighted by molar-refractivity contribution is -0.243. The Morgan fingerprint density at radius 3 is 2.59 bits per heavy atom. The van der Waals surface area contributed by atoms with E-state index in [0.717, 1.165) is 10.9 Å². The van der Waals surface area contributed by atoms with Gasteiger partial charge in [-0.05, 0) is 42.7 Å². The zero-order valence-electron chi connectivity index (χ0n) is 15.9. The molecular formula is C21H25NO5. The highest BCUT2D eigenvalue weighted by Crippen LogP contribution is 2.45. The first kappa shape index (κ1) is 18.5. The summed E-state index contributed by atoms with van der Waals surface area (Å²) in [4.78, 5) is 11.1. The molecule has 6 nitrogen and oxygen atoms in total. The fourth-order valence-electron chi connectivity index (χ4n) is 4.05. The fourth-order valence-corrected chi connectivity index (χ4v) is 4.05. The number of hydrogen-bond donors (Lipinski definition) is 0. The van der Waals surface area contributed by atoms with Crippen LogP contribution in [0.15, 0.2) is 47.6 Å². The maximum Gasteiger partial charge on any atom is 0.190 e. The molecule has 4 atom stereocenters. The van der Waals surface area contributed by atoms with Gasteiger partial charge in [-0.2, -0.15) is 4.91 Å². The zero-order valence-corrected chi connectivity index (χ0v) is 15.9. The summed E-state index contributed by atoms with van der Waals surface area (Å²) < 4.78 is 24.3. The van der Waals surface area contributed by atoms with Crippen LogP contribution in [0.25, 0.3) is 10.8 Å². The van der Waals surface area contributed by atoms with Crippen LogP contribution in [0, 0.1) is 4.91 Å². The highest BCUT2D eigenvalue weighted by Gasteiger charge is 2.62. The third kappa shape index (κ3) is 3.38. The number of fused-ring (bicyclic) bond motifs is 2. The molecule has 2 aromatic rings. The largest absolute Gasteiger partial charge is 0.368 e. The molecule has 2 aliphatic heterocycles. The molecule has 0 radical (unpaired) electrons. The first-order valence-corrected chi connectivity index (χ1v) is 9.38. The van der Waals surface area contributed by atoms with E-state index in [9.17, 15) is 4.91 Å². The molecule has 0 N–H and O–H groups in total. The molecule has 2 fully saturated rings.